The standard InChI is InChI=1S/C12H18BrN3O2/c1-7(2)4-10(11(17)14-3)16-12(18)9-5-8(13)6-15-9/h5-7,10,15H,4H2,1-3H3,(H,14,17)(H,16,18). The third kappa shape index (κ3) is 4.18. The minimum absolute atomic E-state index is 0.178. The molecule has 0 aliphatic heterocycles. The fourth-order valence-electron chi connectivity index (χ4n) is 1.61. The van der Waals surface area contributed by atoms with Gasteiger partial charge in [-0.25, -0.2) is 0 Å². The molecule has 5 nitrogen and oxygen atoms in total. The molecule has 0 spiro atoms. The van der Waals surface area contributed by atoms with Gasteiger partial charge in [-0.3, -0.25) is 9.59 Å². The number of carbonyl (C=O) groups is 2. The van der Waals surface area contributed by atoms with Crippen molar-refractivity contribution < 1.29 is 9.59 Å². The monoisotopic (exact) mass is 315 g/mol. The highest BCUT2D eigenvalue weighted by molar-refractivity contribution is 9.10. The van der Waals surface area contributed by atoms with E-state index in [1.165, 1.54) is 0 Å². The lowest BCUT2D eigenvalue weighted by atomic mass is 10.0. The molecular weight excluding hydrogens is 298 g/mol. The lowest BCUT2D eigenvalue weighted by Crippen LogP contribution is -2.46. The highest BCUT2D eigenvalue weighted by Gasteiger charge is 2.21. The maximum Gasteiger partial charge on any atom is 0.268 e. The zero-order chi connectivity index (χ0) is 13.7. The van der Waals surface area contributed by atoms with Crippen LogP contribution in [0.2, 0.25) is 0 Å². The molecule has 100 valence electrons. The number of halogens is 1. The van der Waals surface area contributed by atoms with Crippen LogP contribution in [0.1, 0.15) is 30.8 Å². The smallest absolute Gasteiger partial charge is 0.268 e. The number of amides is 2. The molecule has 1 aromatic rings. The molecule has 0 aromatic carbocycles. The Morgan fingerprint density at radius 3 is 2.56 bits per heavy atom. The highest BCUT2D eigenvalue weighted by Crippen LogP contribution is 2.11. The predicted octanol–water partition coefficient (Wildman–Crippen LogP) is 1.67. The molecule has 1 rings (SSSR count). The molecule has 1 heterocycles. The van der Waals surface area contributed by atoms with Gasteiger partial charge in [-0.2, -0.15) is 0 Å². The molecule has 0 radical (unpaired) electrons. The van der Waals surface area contributed by atoms with Crippen LogP contribution in [0.4, 0.5) is 0 Å². The molecule has 6 heteroatoms. The maximum atomic E-state index is 11.9. The average molecular weight is 316 g/mol. The van der Waals surface area contributed by atoms with Crippen molar-refractivity contribution in [3.05, 3.63) is 22.4 Å². The Bertz CT molecular complexity index is 429. The van der Waals surface area contributed by atoms with E-state index in [4.69, 9.17) is 0 Å². The number of hydrogen-bond donors (Lipinski definition) is 3. The topological polar surface area (TPSA) is 74.0 Å². The van der Waals surface area contributed by atoms with Crippen LogP contribution in [0.15, 0.2) is 16.7 Å². The molecule has 3 N–H and O–H groups in total. The summed E-state index contributed by atoms with van der Waals surface area (Å²) in [5.74, 6) is -0.138. The second-order valence-electron chi connectivity index (χ2n) is 4.50. The van der Waals surface area contributed by atoms with Gasteiger partial charge in [0.05, 0.1) is 0 Å². The van der Waals surface area contributed by atoms with Gasteiger partial charge in [0.2, 0.25) is 5.91 Å². The number of aromatic amines is 1. The Kier molecular flexibility index (Phi) is 5.40. The summed E-state index contributed by atoms with van der Waals surface area (Å²) in [6.07, 6.45) is 2.28. The zero-order valence-corrected chi connectivity index (χ0v) is 12.3. The van der Waals surface area contributed by atoms with Crippen LogP contribution < -0.4 is 10.6 Å². The van der Waals surface area contributed by atoms with Crippen molar-refractivity contribution in [1.29, 1.82) is 0 Å². The van der Waals surface area contributed by atoms with Crippen molar-refractivity contribution in [2.75, 3.05) is 7.05 Å². The largest absolute Gasteiger partial charge is 0.357 e. The van der Waals surface area contributed by atoms with E-state index in [9.17, 15) is 9.59 Å². The third-order valence-electron chi connectivity index (χ3n) is 2.47. The lowest BCUT2D eigenvalue weighted by Gasteiger charge is -2.18. The average Bonchev–Trinajstić information content (AvgIpc) is 2.73. The zero-order valence-electron chi connectivity index (χ0n) is 10.7. The van der Waals surface area contributed by atoms with Gasteiger partial charge in [0.1, 0.15) is 11.7 Å². The second-order valence-corrected chi connectivity index (χ2v) is 5.42. The predicted molar refractivity (Wildman–Crippen MR) is 73.3 cm³/mol. The molecular formula is C12H18BrN3O2. The van der Waals surface area contributed by atoms with E-state index in [1.807, 2.05) is 13.8 Å². The van der Waals surface area contributed by atoms with Gasteiger partial charge in [0, 0.05) is 17.7 Å². The van der Waals surface area contributed by atoms with Gasteiger partial charge >= 0.3 is 0 Å². The first-order valence-electron chi connectivity index (χ1n) is 5.80. The van der Waals surface area contributed by atoms with Gasteiger partial charge < -0.3 is 15.6 Å². The molecule has 2 amide bonds. The second kappa shape index (κ2) is 6.58. The molecule has 0 aliphatic rings. The minimum Gasteiger partial charge on any atom is -0.357 e. The van der Waals surface area contributed by atoms with Gasteiger partial charge in [-0.1, -0.05) is 13.8 Å². The lowest BCUT2D eigenvalue weighted by molar-refractivity contribution is -0.122. The SMILES string of the molecule is CNC(=O)C(CC(C)C)NC(=O)c1cc(Br)c[nH]1. The van der Waals surface area contributed by atoms with Gasteiger partial charge in [-0.05, 0) is 34.3 Å². The van der Waals surface area contributed by atoms with Crippen LogP contribution in [0, 0.1) is 5.92 Å². The molecule has 0 fully saturated rings. The first-order valence-corrected chi connectivity index (χ1v) is 6.59. The van der Waals surface area contributed by atoms with Crippen molar-refractivity contribution >= 4 is 27.7 Å². The summed E-state index contributed by atoms with van der Waals surface area (Å²) in [6, 6.07) is 1.16. The quantitative estimate of drug-likeness (QED) is 0.773. The number of H-pyrrole nitrogens is 1. The van der Waals surface area contributed by atoms with Crippen molar-refractivity contribution in [2.24, 2.45) is 5.92 Å². The van der Waals surface area contributed by atoms with Crippen molar-refractivity contribution in [1.82, 2.24) is 15.6 Å². The van der Waals surface area contributed by atoms with Crippen LogP contribution >= 0.6 is 15.9 Å². The minimum atomic E-state index is -0.510. The molecule has 1 unspecified atom stereocenters. The summed E-state index contributed by atoms with van der Waals surface area (Å²) in [5, 5.41) is 5.28. The fourth-order valence-corrected chi connectivity index (χ4v) is 1.96. The Morgan fingerprint density at radius 2 is 2.11 bits per heavy atom. The van der Waals surface area contributed by atoms with Crippen LogP contribution in [-0.4, -0.2) is 29.9 Å². The van der Waals surface area contributed by atoms with Gasteiger partial charge in [-0.15, -0.1) is 0 Å². The van der Waals surface area contributed by atoms with Crippen LogP contribution in [0.3, 0.4) is 0 Å². The first kappa shape index (κ1) is 14.8. The van der Waals surface area contributed by atoms with E-state index < -0.39 is 6.04 Å². The van der Waals surface area contributed by atoms with E-state index in [2.05, 4.69) is 31.5 Å². The molecule has 18 heavy (non-hydrogen) atoms. The Balaban J connectivity index is 2.71. The molecule has 1 aromatic heterocycles. The summed E-state index contributed by atoms with van der Waals surface area (Å²) < 4.78 is 0.799. The van der Waals surface area contributed by atoms with Crippen molar-refractivity contribution in [2.45, 2.75) is 26.3 Å². The van der Waals surface area contributed by atoms with Gasteiger partial charge in [0.15, 0.2) is 0 Å². The fraction of sp³-hybridized carbons (Fsp3) is 0.500. The van der Waals surface area contributed by atoms with E-state index >= 15 is 0 Å². The summed E-state index contributed by atoms with van der Waals surface area (Å²) >= 11 is 3.26. The maximum absolute atomic E-state index is 11.9. The van der Waals surface area contributed by atoms with Crippen molar-refractivity contribution in [3.63, 3.8) is 0 Å². The Hall–Kier alpha value is -1.30. The van der Waals surface area contributed by atoms with E-state index in [-0.39, 0.29) is 11.8 Å². The third-order valence-corrected chi connectivity index (χ3v) is 2.93. The number of hydrogen-bond acceptors (Lipinski definition) is 2. The number of rotatable bonds is 5. The van der Waals surface area contributed by atoms with Crippen LogP contribution in [-0.2, 0) is 4.79 Å². The molecule has 1 atom stereocenters. The Morgan fingerprint density at radius 1 is 1.44 bits per heavy atom. The van der Waals surface area contributed by atoms with Gasteiger partial charge in [0.25, 0.3) is 5.91 Å². The summed E-state index contributed by atoms with van der Waals surface area (Å²) in [7, 11) is 1.56. The number of aromatic nitrogens is 1. The highest BCUT2D eigenvalue weighted by atomic mass is 79.9. The van der Waals surface area contributed by atoms with Crippen LogP contribution in [0.5, 0.6) is 0 Å². The molecule has 0 saturated heterocycles. The number of likely N-dealkylation sites (N-methyl/N-ethyl adjacent to an activating group) is 1. The van der Waals surface area contributed by atoms with E-state index in [0.717, 1.165) is 4.47 Å². The Labute approximate surface area is 115 Å². The van der Waals surface area contributed by atoms with E-state index in [0.29, 0.717) is 18.0 Å². The summed E-state index contributed by atoms with van der Waals surface area (Å²) in [4.78, 5) is 26.4. The number of nitrogens with one attached hydrogen (secondary N) is 3. The first-order chi connectivity index (χ1) is 8.43. The van der Waals surface area contributed by atoms with Crippen molar-refractivity contribution in [3.8, 4) is 0 Å². The summed E-state index contributed by atoms with van der Waals surface area (Å²) in [6.45, 7) is 4.01. The summed E-state index contributed by atoms with van der Waals surface area (Å²) in [5.41, 5.74) is 0.430. The molecule has 0 aliphatic carbocycles. The number of carbonyl (C=O) groups excluding carboxylic acids is 2. The molecule has 0 bridgehead atoms. The normalized spacial score (nSPS) is 12.3. The van der Waals surface area contributed by atoms with Crippen LogP contribution in [0.25, 0.3) is 0 Å². The molecule has 0 saturated carbocycles. The van der Waals surface area contributed by atoms with E-state index in [1.54, 1.807) is 19.3 Å².